The van der Waals surface area contributed by atoms with Gasteiger partial charge in [-0.25, -0.2) is 0 Å². The van der Waals surface area contributed by atoms with Gasteiger partial charge in [0.2, 0.25) is 5.90 Å². The Kier molecular flexibility index (Phi) is 7.42. The van der Waals surface area contributed by atoms with Crippen molar-refractivity contribution in [3.63, 3.8) is 0 Å². The zero-order chi connectivity index (χ0) is 15.3. The standard InChI is InChI=1S/C12H22Cl3NO2Si/c1-11(2,3)19(4,5)18-9-7-6-8-17-10(16)12(13,14)15/h6-7,16H,8-9H2,1-5H3/b7-6+,16-10?. The molecule has 0 radical (unpaired) electrons. The van der Waals surface area contributed by atoms with Crippen molar-refractivity contribution < 1.29 is 9.16 Å². The summed E-state index contributed by atoms with van der Waals surface area (Å²) in [4.78, 5) is 0. The van der Waals surface area contributed by atoms with E-state index >= 15 is 0 Å². The maximum atomic E-state index is 7.33. The molecule has 0 fully saturated rings. The van der Waals surface area contributed by atoms with Crippen LogP contribution >= 0.6 is 34.8 Å². The molecule has 0 rings (SSSR count). The van der Waals surface area contributed by atoms with Gasteiger partial charge in [0, 0.05) is 0 Å². The summed E-state index contributed by atoms with van der Waals surface area (Å²) in [7, 11) is -1.71. The van der Waals surface area contributed by atoms with Gasteiger partial charge in [-0.05, 0) is 24.2 Å². The van der Waals surface area contributed by atoms with Gasteiger partial charge < -0.3 is 9.16 Å². The van der Waals surface area contributed by atoms with Crippen molar-refractivity contribution in [2.75, 3.05) is 13.2 Å². The van der Waals surface area contributed by atoms with Crippen molar-refractivity contribution in [1.82, 2.24) is 0 Å². The summed E-state index contributed by atoms with van der Waals surface area (Å²) < 4.78 is 9.10. The van der Waals surface area contributed by atoms with Crippen molar-refractivity contribution in [2.24, 2.45) is 0 Å². The molecule has 7 heteroatoms. The van der Waals surface area contributed by atoms with Gasteiger partial charge in [0.25, 0.3) is 3.79 Å². The summed E-state index contributed by atoms with van der Waals surface area (Å²) in [5.74, 6) is -0.382. The number of hydrogen-bond donors (Lipinski definition) is 1. The molecule has 0 bridgehead atoms. The van der Waals surface area contributed by atoms with Gasteiger partial charge in [0.15, 0.2) is 8.32 Å². The summed E-state index contributed by atoms with van der Waals surface area (Å²) in [5, 5.41) is 7.51. The maximum absolute atomic E-state index is 7.33. The predicted octanol–water partition coefficient (Wildman–Crippen LogP) is 4.93. The minimum atomic E-state index is -1.80. The first-order chi connectivity index (χ1) is 8.38. The lowest BCUT2D eigenvalue weighted by Crippen LogP contribution is -2.40. The molecule has 0 aliphatic heterocycles. The molecule has 0 aliphatic rings. The van der Waals surface area contributed by atoms with Crippen molar-refractivity contribution in [2.45, 2.75) is 42.7 Å². The normalized spacial score (nSPS) is 13.9. The molecule has 1 N–H and O–H groups in total. The molecule has 0 aromatic rings. The van der Waals surface area contributed by atoms with E-state index in [1.807, 2.05) is 6.08 Å². The molecular weight excluding hydrogens is 325 g/mol. The number of rotatable bonds is 5. The van der Waals surface area contributed by atoms with Crippen LogP contribution in [0.2, 0.25) is 18.1 Å². The Morgan fingerprint density at radius 3 is 2.00 bits per heavy atom. The molecule has 0 amide bonds. The molecule has 0 atom stereocenters. The zero-order valence-corrected chi connectivity index (χ0v) is 15.3. The second-order valence-electron chi connectivity index (χ2n) is 5.68. The van der Waals surface area contributed by atoms with Gasteiger partial charge in [-0.15, -0.1) is 0 Å². The highest BCUT2D eigenvalue weighted by molar-refractivity contribution is 6.76. The van der Waals surface area contributed by atoms with Gasteiger partial charge in [-0.1, -0.05) is 61.7 Å². The number of ether oxygens (including phenoxy) is 1. The Morgan fingerprint density at radius 1 is 1.11 bits per heavy atom. The van der Waals surface area contributed by atoms with Crippen molar-refractivity contribution >= 4 is 49.0 Å². The van der Waals surface area contributed by atoms with Crippen LogP contribution in [0.5, 0.6) is 0 Å². The molecule has 19 heavy (non-hydrogen) atoms. The highest BCUT2D eigenvalue weighted by Crippen LogP contribution is 2.36. The fraction of sp³-hybridized carbons (Fsp3) is 0.750. The van der Waals surface area contributed by atoms with E-state index in [1.54, 1.807) is 6.08 Å². The van der Waals surface area contributed by atoms with Crippen LogP contribution in [0.25, 0.3) is 0 Å². The minimum absolute atomic E-state index is 0.188. The third kappa shape index (κ3) is 7.56. The highest BCUT2D eigenvalue weighted by Gasteiger charge is 2.36. The largest absolute Gasteiger partial charge is 0.474 e. The average Bonchev–Trinajstić information content (AvgIpc) is 2.19. The third-order valence-electron chi connectivity index (χ3n) is 3.09. The lowest BCUT2D eigenvalue weighted by atomic mass is 10.2. The van der Waals surface area contributed by atoms with Gasteiger partial charge in [0.1, 0.15) is 6.61 Å². The molecule has 0 saturated heterocycles. The number of hydrogen-bond acceptors (Lipinski definition) is 3. The van der Waals surface area contributed by atoms with E-state index in [4.69, 9.17) is 49.4 Å². The van der Waals surface area contributed by atoms with E-state index in [9.17, 15) is 0 Å². The van der Waals surface area contributed by atoms with Gasteiger partial charge in [-0.3, -0.25) is 5.41 Å². The summed E-state index contributed by atoms with van der Waals surface area (Å²) in [6.07, 6.45) is 3.60. The Bertz CT molecular complexity index is 333. The quantitative estimate of drug-likeness (QED) is 0.252. The first kappa shape index (κ1) is 19.3. The Morgan fingerprint density at radius 2 is 1.58 bits per heavy atom. The summed E-state index contributed by atoms with van der Waals surface area (Å²) in [6, 6.07) is 0. The van der Waals surface area contributed by atoms with Crippen molar-refractivity contribution in [3.8, 4) is 0 Å². The second kappa shape index (κ2) is 7.32. The van der Waals surface area contributed by atoms with Crippen molar-refractivity contribution in [3.05, 3.63) is 12.2 Å². The molecule has 0 heterocycles. The predicted molar refractivity (Wildman–Crippen MR) is 86.3 cm³/mol. The number of alkyl halides is 3. The van der Waals surface area contributed by atoms with Crippen LogP contribution < -0.4 is 0 Å². The zero-order valence-electron chi connectivity index (χ0n) is 12.0. The molecule has 0 aromatic heterocycles. The van der Waals surface area contributed by atoms with E-state index < -0.39 is 12.1 Å². The molecule has 3 nitrogen and oxygen atoms in total. The Balaban J connectivity index is 3.98. The monoisotopic (exact) mass is 345 g/mol. The molecule has 0 unspecified atom stereocenters. The summed E-state index contributed by atoms with van der Waals surface area (Å²) in [5.41, 5.74) is 0. The van der Waals surface area contributed by atoms with E-state index in [0.29, 0.717) is 6.61 Å². The van der Waals surface area contributed by atoms with Crippen LogP contribution in [0.1, 0.15) is 20.8 Å². The van der Waals surface area contributed by atoms with Crippen LogP contribution in [0.3, 0.4) is 0 Å². The van der Waals surface area contributed by atoms with Crippen molar-refractivity contribution in [1.29, 1.82) is 5.41 Å². The molecule has 0 aliphatic carbocycles. The topological polar surface area (TPSA) is 42.3 Å². The van der Waals surface area contributed by atoms with Crippen LogP contribution in [-0.4, -0.2) is 31.2 Å². The Hall–Kier alpha value is 0.257. The van der Waals surface area contributed by atoms with E-state index in [1.165, 1.54) is 0 Å². The highest BCUT2D eigenvalue weighted by atomic mass is 35.6. The third-order valence-corrected chi connectivity index (χ3v) is 8.11. The number of nitrogens with one attached hydrogen (secondary N) is 1. The van der Waals surface area contributed by atoms with E-state index in [0.717, 1.165) is 0 Å². The fourth-order valence-corrected chi connectivity index (χ4v) is 1.93. The molecule has 112 valence electrons. The summed E-state index contributed by atoms with van der Waals surface area (Å²) >= 11 is 16.4. The van der Waals surface area contributed by atoms with Gasteiger partial charge in [-0.2, -0.15) is 0 Å². The fourth-order valence-electron chi connectivity index (χ4n) is 0.822. The van der Waals surface area contributed by atoms with E-state index in [-0.39, 0.29) is 17.5 Å². The Labute approximate surface area is 131 Å². The van der Waals surface area contributed by atoms with Crippen LogP contribution in [0, 0.1) is 5.41 Å². The van der Waals surface area contributed by atoms with Gasteiger partial charge >= 0.3 is 0 Å². The van der Waals surface area contributed by atoms with Crippen LogP contribution in [0.4, 0.5) is 0 Å². The van der Waals surface area contributed by atoms with E-state index in [2.05, 4.69) is 33.9 Å². The SMILES string of the molecule is CC(C)(C)[Si](C)(C)OC/C=C/COC(=N)C(Cl)(Cl)Cl. The smallest absolute Gasteiger partial charge is 0.265 e. The average molecular weight is 347 g/mol. The van der Waals surface area contributed by atoms with Crippen LogP contribution in [0.15, 0.2) is 12.2 Å². The lowest BCUT2D eigenvalue weighted by molar-refractivity contribution is 0.321. The molecule has 0 aromatic carbocycles. The van der Waals surface area contributed by atoms with Crippen LogP contribution in [-0.2, 0) is 9.16 Å². The van der Waals surface area contributed by atoms with Gasteiger partial charge in [0.05, 0.1) is 6.61 Å². The molecular formula is C12H22Cl3NO2Si. The summed E-state index contributed by atoms with van der Waals surface area (Å²) in [6.45, 7) is 11.7. The first-order valence-corrected chi connectivity index (χ1v) is 9.99. The maximum Gasteiger partial charge on any atom is 0.265 e. The first-order valence-electron chi connectivity index (χ1n) is 5.95. The lowest BCUT2D eigenvalue weighted by Gasteiger charge is -2.35. The molecule has 0 spiro atoms. The molecule has 0 saturated carbocycles. The second-order valence-corrected chi connectivity index (χ2v) is 12.8. The minimum Gasteiger partial charge on any atom is -0.474 e. The number of halogens is 3.